The van der Waals surface area contributed by atoms with Gasteiger partial charge in [0.25, 0.3) is 0 Å². The summed E-state index contributed by atoms with van der Waals surface area (Å²) < 4.78 is 38.4. The molecule has 0 rings (SSSR count). The van der Waals surface area contributed by atoms with Crippen LogP contribution in [0.4, 0.5) is 13.2 Å². The maximum atomic E-state index is 11.9. The number of rotatable bonds is 4. The van der Waals surface area contributed by atoms with E-state index in [0.717, 1.165) is 0 Å². The Kier molecular flexibility index (Phi) is 4.65. The molecular formula is C6H9F3O2. The van der Waals surface area contributed by atoms with Crippen molar-refractivity contribution in [2.24, 2.45) is 0 Å². The molecule has 11 heavy (non-hydrogen) atoms. The molecule has 5 heteroatoms. The Hall–Kier alpha value is -0.740. The fourth-order valence-corrected chi connectivity index (χ4v) is 0.440. The van der Waals surface area contributed by atoms with Crippen molar-refractivity contribution < 1.29 is 22.7 Å². The van der Waals surface area contributed by atoms with Gasteiger partial charge in [-0.1, -0.05) is 6.92 Å². The quantitative estimate of drug-likeness (QED) is 0.602. The summed E-state index contributed by atoms with van der Waals surface area (Å²) in [5, 5.41) is 0. The standard InChI is InChI=1S/C6H9F3O2/c1-2-3-4(10)11-6(9)5(7)8/h5-6H,2-3H2,1H3. The van der Waals surface area contributed by atoms with Crippen molar-refractivity contribution in [3.8, 4) is 0 Å². The van der Waals surface area contributed by atoms with E-state index in [-0.39, 0.29) is 6.42 Å². The first-order valence-corrected chi connectivity index (χ1v) is 3.19. The fourth-order valence-electron chi connectivity index (χ4n) is 0.440. The zero-order valence-corrected chi connectivity index (χ0v) is 6.02. The highest BCUT2D eigenvalue weighted by atomic mass is 19.3. The van der Waals surface area contributed by atoms with Crippen LogP contribution in [0.25, 0.3) is 0 Å². The van der Waals surface area contributed by atoms with Crippen LogP contribution in [0.5, 0.6) is 0 Å². The van der Waals surface area contributed by atoms with Gasteiger partial charge >= 0.3 is 18.8 Å². The Morgan fingerprint density at radius 1 is 1.45 bits per heavy atom. The van der Waals surface area contributed by atoms with Crippen LogP contribution >= 0.6 is 0 Å². The van der Waals surface area contributed by atoms with Gasteiger partial charge in [0.1, 0.15) is 0 Å². The molecule has 0 N–H and O–H groups in total. The number of carbonyl (C=O) groups is 1. The van der Waals surface area contributed by atoms with Crippen molar-refractivity contribution in [2.75, 3.05) is 0 Å². The van der Waals surface area contributed by atoms with Crippen molar-refractivity contribution in [1.29, 1.82) is 0 Å². The van der Waals surface area contributed by atoms with Crippen molar-refractivity contribution >= 4 is 5.97 Å². The van der Waals surface area contributed by atoms with E-state index in [4.69, 9.17) is 0 Å². The first-order valence-electron chi connectivity index (χ1n) is 3.19. The van der Waals surface area contributed by atoms with Crippen LogP contribution in [0.3, 0.4) is 0 Å². The van der Waals surface area contributed by atoms with Gasteiger partial charge in [-0.25, -0.2) is 8.78 Å². The van der Waals surface area contributed by atoms with Crippen LogP contribution in [0.15, 0.2) is 0 Å². The number of ether oxygens (including phenoxy) is 1. The van der Waals surface area contributed by atoms with Crippen LogP contribution < -0.4 is 0 Å². The van der Waals surface area contributed by atoms with Crippen molar-refractivity contribution in [1.82, 2.24) is 0 Å². The number of hydrogen-bond acceptors (Lipinski definition) is 2. The van der Waals surface area contributed by atoms with E-state index in [9.17, 15) is 18.0 Å². The highest BCUT2D eigenvalue weighted by Gasteiger charge is 2.22. The van der Waals surface area contributed by atoms with Gasteiger partial charge in [0.15, 0.2) is 0 Å². The monoisotopic (exact) mass is 170 g/mol. The van der Waals surface area contributed by atoms with Gasteiger partial charge in [-0.2, -0.15) is 4.39 Å². The Labute approximate surface area is 62.3 Å². The lowest BCUT2D eigenvalue weighted by molar-refractivity contribution is -0.174. The molecule has 0 aliphatic carbocycles. The summed E-state index contributed by atoms with van der Waals surface area (Å²) in [5.74, 6) is -0.930. The normalized spacial score (nSPS) is 13.2. The molecule has 0 amide bonds. The molecule has 1 atom stereocenters. The zero-order chi connectivity index (χ0) is 8.85. The van der Waals surface area contributed by atoms with Gasteiger partial charge in [-0.15, -0.1) is 0 Å². The fraction of sp³-hybridized carbons (Fsp3) is 0.833. The molecule has 66 valence electrons. The van der Waals surface area contributed by atoms with E-state index in [2.05, 4.69) is 4.74 Å². The van der Waals surface area contributed by atoms with Crippen molar-refractivity contribution in [3.63, 3.8) is 0 Å². The van der Waals surface area contributed by atoms with E-state index in [1.165, 1.54) is 0 Å². The summed E-state index contributed by atoms with van der Waals surface area (Å²) >= 11 is 0. The lowest BCUT2D eigenvalue weighted by atomic mass is 10.3. The molecule has 0 heterocycles. The Balaban J connectivity index is 3.57. The molecule has 0 fully saturated rings. The molecule has 1 unspecified atom stereocenters. The van der Waals surface area contributed by atoms with Crippen LogP contribution in [0, 0.1) is 0 Å². The van der Waals surface area contributed by atoms with Crippen LogP contribution in [0.1, 0.15) is 19.8 Å². The SMILES string of the molecule is CCCC(=O)OC(F)C(F)F. The zero-order valence-electron chi connectivity index (χ0n) is 6.02. The summed E-state index contributed by atoms with van der Waals surface area (Å²) in [6.45, 7) is 1.66. The predicted octanol–water partition coefficient (Wildman–Crippen LogP) is 1.89. The second-order valence-corrected chi connectivity index (χ2v) is 1.93. The number of alkyl halides is 3. The lowest BCUT2D eigenvalue weighted by Gasteiger charge is -2.07. The van der Waals surface area contributed by atoms with E-state index < -0.39 is 18.8 Å². The van der Waals surface area contributed by atoms with Crippen molar-refractivity contribution in [2.45, 2.75) is 32.5 Å². The highest BCUT2D eigenvalue weighted by molar-refractivity contribution is 5.69. The van der Waals surface area contributed by atoms with Crippen molar-refractivity contribution in [3.05, 3.63) is 0 Å². The minimum Gasteiger partial charge on any atom is -0.425 e. The van der Waals surface area contributed by atoms with E-state index >= 15 is 0 Å². The van der Waals surface area contributed by atoms with Gasteiger partial charge in [0.05, 0.1) is 0 Å². The average molecular weight is 170 g/mol. The molecule has 0 saturated heterocycles. The van der Waals surface area contributed by atoms with Gasteiger partial charge in [0.2, 0.25) is 0 Å². The Morgan fingerprint density at radius 3 is 2.36 bits per heavy atom. The van der Waals surface area contributed by atoms with E-state index in [0.29, 0.717) is 6.42 Å². The maximum absolute atomic E-state index is 11.9. The third-order valence-corrected chi connectivity index (χ3v) is 0.896. The molecule has 0 aromatic rings. The van der Waals surface area contributed by atoms with E-state index in [1.807, 2.05) is 0 Å². The largest absolute Gasteiger partial charge is 0.425 e. The second kappa shape index (κ2) is 4.98. The second-order valence-electron chi connectivity index (χ2n) is 1.93. The van der Waals surface area contributed by atoms with Crippen LogP contribution in [0.2, 0.25) is 0 Å². The summed E-state index contributed by atoms with van der Waals surface area (Å²) in [4.78, 5) is 10.4. The van der Waals surface area contributed by atoms with E-state index in [1.54, 1.807) is 6.92 Å². The lowest BCUT2D eigenvalue weighted by Crippen LogP contribution is -2.20. The van der Waals surface area contributed by atoms with Gasteiger partial charge in [0, 0.05) is 6.42 Å². The average Bonchev–Trinajstić information content (AvgIpc) is 1.87. The molecule has 0 radical (unpaired) electrons. The molecule has 0 saturated carbocycles. The number of carbonyl (C=O) groups excluding carboxylic acids is 1. The molecule has 0 bridgehead atoms. The maximum Gasteiger partial charge on any atom is 0.308 e. The van der Waals surface area contributed by atoms with Gasteiger partial charge in [-0.05, 0) is 6.42 Å². The molecule has 0 aromatic carbocycles. The molecule has 2 nitrogen and oxygen atoms in total. The molecule has 0 aliphatic heterocycles. The molecule has 0 aromatic heterocycles. The summed E-state index contributed by atoms with van der Waals surface area (Å²) in [6.07, 6.45) is -5.62. The Morgan fingerprint density at radius 2 is 2.00 bits per heavy atom. The number of esters is 1. The third kappa shape index (κ3) is 4.64. The molecule has 0 spiro atoms. The van der Waals surface area contributed by atoms with Gasteiger partial charge < -0.3 is 4.74 Å². The summed E-state index contributed by atoms with van der Waals surface area (Å²) in [6, 6.07) is 0. The highest BCUT2D eigenvalue weighted by Crippen LogP contribution is 2.08. The van der Waals surface area contributed by atoms with Crippen LogP contribution in [-0.2, 0) is 9.53 Å². The first kappa shape index (κ1) is 10.3. The van der Waals surface area contributed by atoms with Crippen LogP contribution in [-0.4, -0.2) is 18.8 Å². The summed E-state index contributed by atoms with van der Waals surface area (Å²) in [7, 11) is 0. The minimum absolute atomic E-state index is 0.0346. The number of halogens is 3. The first-order chi connectivity index (χ1) is 5.07. The predicted molar refractivity (Wildman–Crippen MR) is 31.9 cm³/mol. The topological polar surface area (TPSA) is 26.3 Å². The third-order valence-electron chi connectivity index (χ3n) is 0.896. The minimum atomic E-state index is -3.25. The number of hydrogen-bond donors (Lipinski definition) is 0. The smallest absolute Gasteiger partial charge is 0.308 e. The molecule has 0 aliphatic rings. The Bertz CT molecular complexity index is 127. The van der Waals surface area contributed by atoms with Gasteiger partial charge in [-0.3, -0.25) is 4.79 Å². The summed E-state index contributed by atoms with van der Waals surface area (Å²) in [5.41, 5.74) is 0. The molecular weight excluding hydrogens is 161 g/mol.